The van der Waals surface area contributed by atoms with Crippen LogP contribution >= 0.6 is 0 Å². The second-order valence-electron chi connectivity index (χ2n) is 5.97. The van der Waals surface area contributed by atoms with Gasteiger partial charge in [0.05, 0.1) is 0 Å². The number of benzene rings is 1. The molecular formula is C16H23NO. The van der Waals surface area contributed by atoms with Gasteiger partial charge in [-0.2, -0.15) is 0 Å². The van der Waals surface area contributed by atoms with Gasteiger partial charge in [-0.15, -0.1) is 0 Å². The monoisotopic (exact) mass is 245 g/mol. The van der Waals surface area contributed by atoms with Crippen molar-refractivity contribution < 1.29 is 4.79 Å². The Kier molecular flexibility index (Phi) is 4.71. The molecule has 0 spiro atoms. The first-order valence-corrected chi connectivity index (χ1v) is 6.38. The first kappa shape index (κ1) is 14.5. The minimum atomic E-state index is -0.00114. The number of anilines is 1. The van der Waals surface area contributed by atoms with E-state index in [9.17, 15) is 4.79 Å². The van der Waals surface area contributed by atoms with Crippen LogP contribution in [-0.4, -0.2) is 5.91 Å². The molecule has 0 heterocycles. The quantitative estimate of drug-likeness (QED) is 0.843. The highest BCUT2D eigenvalue weighted by molar-refractivity contribution is 5.92. The van der Waals surface area contributed by atoms with Crippen molar-refractivity contribution in [2.24, 2.45) is 11.3 Å². The number of amides is 1. The fourth-order valence-corrected chi connectivity index (χ4v) is 1.35. The van der Waals surface area contributed by atoms with E-state index in [-0.39, 0.29) is 17.2 Å². The van der Waals surface area contributed by atoms with Crippen molar-refractivity contribution in [1.29, 1.82) is 0 Å². The Morgan fingerprint density at radius 3 is 2.50 bits per heavy atom. The first-order valence-electron chi connectivity index (χ1n) is 6.38. The van der Waals surface area contributed by atoms with Crippen molar-refractivity contribution in [3.63, 3.8) is 0 Å². The van der Waals surface area contributed by atoms with Gasteiger partial charge in [-0.1, -0.05) is 58.9 Å². The van der Waals surface area contributed by atoms with Crippen LogP contribution in [0.5, 0.6) is 0 Å². The predicted octanol–water partition coefficient (Wildman–Crippen LogP) is 4.34. The van der Waals surface area contributed by atoms with Crippen LogP contribution < -0.4 is 5.32 Å². The Bertz CT molecular complexity index is 439. The molecular weight excluding hydrogens is 222 g/mol. The zero-order valence-electron chi connectivity index (χ0n) is 11.9. The molecule has 0 saturated carbocycles. The number of allylic oxidation sites excluding steroid dienone is 1. The average Bonchev–Trinajstić information content (AvgIpc) is 2.26. The Balaban J connectivity index is 2.80. The van der Waals surface area contributed by atoms with Gasteiger partial charge >= 0.3 is 0 Å². The normalized spacial score (nSPS) is 12.1. The number of carbonyl (C=O) groups excluding carboxylic acids is 1. The number of carbonyl (C=O) groups is 1. The van der Waals surface area contributed by atoms with Gasteiger partial charge in [-0.3, -0.25) is 4.79 Å². The standard InChI is InChI=1S/C16H23NO/c1-12(2)15(18)17-14-8-6-7-13(11-14)9-10-16(3,4)5/h6-12H,1-5H3,(H,17,18)/b10-9+. The van der Waals surface area contributed by atoms with Crippen molar-refractivity contribution in [2.45, 2.75) is 34.6 Å². The van der Waals surface area contributed by atoms with Gasteiger partial charge in [0.2, 0.25) is 5.91 Å². The number of hydrogen-bond acceptors (Lipinski definition) is 1. The summed E-state index contributed by atoms with van der Waals surface area (Å²) in [7, 11) is 0. The molecule has 0 aliphatic carbocycles. The molecule has 0 aliphatic heterocycles. The molecule has 0 radical (unpaired) electrons. The van der Waals surface area contributed by atoms with Gasteiger partial charge in [0, 0.05) is 11.6 Å². The molecule has 1 amide bonds. The first-order chi connectivity index (χ1) is 8.28. The molecule has 0 atom stereocenters. The summed E-state index contributed by atoms with van der Waals surface area (Å²) >= 11 is 0. The Labute approximate surface area is 110 Å². The lowest BCUT2D eigenvalue weighted by Crippen LogP contribution is -2.17. The third kappa shape index (κ3) is 5.17. The SMILES string of the molecule is CC(C)C(=O)Nc1cccc(/C=C/C(C)(C)C)c1. The molecule has 1 aromatic carbocycles. The Hall–Kier alpha value is -1.57. The zero-order chi connectivity index (χ0) is 13.8. The zero-order valence-corrected chi connectivity index (χ0v) is 11.9. The van der Waals surface area contributed by atoms with Crippen molar-refractivity contribution in [1.82, 2.24) is 0 Å². The maximum absolute atomic E-state index is 11.6. The molecule has 0 aliphatic rings. The molecule has 1 rings (SSSR count). The lowest BCUT2D eigenvalue weighted by molar-refractivity contribution is -0.118. The molecule has 2 nitrogen and oxygen atoms in total. The van der Waals surface area contributed by atoms with E-state index >= 15 is 0 Å². The van der Waals surface area contributed by atoms with Crippen molar-refractivity contribution >= 4 is 17.7 Å². The number of rotatable bonds is 3. The highest BCUT2D eigenvalue weighted by atomic mass is 16.1. The highest BCUT2D eigenvalue weighted by Gasteiger charge is 2.07. The average molecular weight is 245 g/mol. The topological polar surface area (TPSA) is 29.1 Å². The van der Waals surface area contributed by atoms with Crippen LogP contribution in [0, 0.1) is 11.3 Å². The van der Waals surface area contributed by atoms with Crippen LogP contribution in [0.4, 0.5) is 5.69 Å². The molecule has 0 fully saturated rings. The summed E-state index contributed by atoms with van der Waals surface area (Å²) in [5, 5.41) is 2.91. The van der Waals surface area contributed by atoms with E-state index in [1.807, 2.05) is 38.1 Å². The van der Waals surface area contributed by atoms with E-state index in [1.54, 1.807) is 0 Å². The summed E-state index contributed by atoms with van der Waals surface area (Å²) in [6.07, 6.45) is 4.25. The maximum atomic E-state index is 11.6. The largest absolute Gasteiger partial charge is 0.326 e. The highest BCUT2D eigenvalue weighted by Crippen LogP contribution is 2.19. The molecule has 2 heteroatoms. The third-order valence-corrected chi connectivity index (χ3v) is 2.45. The van der Waals surface area contributed by atoms with E-state index < -0.39 is 0 Å². The predicted molar refractivity (Wildman–Crippen MR) is 78.4 cm³/mol. The summed E-state index contributed by atoms with van der Waals surface area (Å²) < 4.78 is 0. The van der Waals surface area contributed by atoms with Gasteiger partial charge in [0.15, 0.2) is 0 Å². The second kappa shape index (κ2) is 5.85. The summed E-state index contributed by atoms with van der Waals surface area (Å²) in [5.74, 6) is 0.0470. The summed E-state index contributed by atoms with van der Waals surface area (Å²) in [4.78, 5) is 11.6. The third-order valence-electron chi connectivity index (χ3n) is 2.45. The fourth-order valence-electron chi connectivity index (χ4n) is 1.35. The summed E-state index contributed by atoms with van der Waals surface area (Å²) in [6.45, 7) is 10.3. The van der Waals surface area contributed by atoms with Crippen LogP contribution in [0.1, 0.15) is 40.2 Å². The molecule has 0 bridgehead atoms. The van der Waals surface area contributed by atoms with Gasteiger partial charge in [0.1, 0.15) is 0 Å². The Morgan fingerprint density at radius 1 is 1.28 bits per heavy atom. The van der Waals surface area contributed by atoms with Crippen molar-refractivity contribution in [3.05, 3.63) is 35.9 Å². The molecule has 18 heavy (non-hydrogen) atoms. The van der Waals surface area contributed by atoms with Crippen molar-refractivity contribution in [3.8, 4) is 0 Å². The minimum Gasteiger partial charge on any atom is -0.326 e. The van der Waals surface area contributed by atoms with Gasteiger partial charge in [0.25, 0.3) is 0 Å². The van der Waals surface area contributed by atoms with Gasteiger partial charge in [-0.25, -0.2) is 0 Å². The molecule has 1 aromatic rings. The van der Waals surface area contributed by atoms with Crippen LogP contribution in [0.2, 0.25) is 0 Å². The molecule has 0 unspecified atom stereocenters. The van der Waals surface area contributed by atoms with E-state index in [4.69, 9.17) is 0 Å². The lowest BCUT2D eigenvalue weighted by atomic mass is 9.95. The van der Waals surface area contributed by atoms with Gasteiger partial charge < -0.3 is 5.32 Å². The molecule has 1 N–H and O–H groups in total. The fraction of sp³-hybridized carbons (Fsp3) is 0.438. The van der Waals surface area contributed by atoms with E-state index in [2.05, 4.69) is 38.2 Å². The lowest BCUT2D eigenvalue weighted by Gasteiger charge is -2.11. The number of nitrogens with one attached hydrogen (secondary N) is 1. The van der Waals surface area contributed by atoms with E-state index in [1.165, 1.54) is 0 Å². The maximum Gasteiger partial charge on any atom is 0.226 e. The van der Waals surface area contributed by atoms with Crippen LogP contribution in [-0.2, 0) is 4.79 Å². The van der Waals surface area contributed by atoms with Crippen LogP contribution in [0.15, 0.2) is 30.3 Å². The summed E-state index contributed by atoms with van der Waals surface area (Å²) in [6, 6.07) is 7.89. The van der Waals surface area contributed by atoms with E-state index in [0.29, 0.717) is 0 Å². The molecule has 98 valence electrons. The summed E-state index contributed by atoms with van der Waals surface area (Å²) in [5.41, 5.74) is 2.12. The molecule has 0 saturated heterocycles. The number of hydrogen-bond donors (Lipinski definition) is 1. The van der Waals surface area contributed by atoms with Gasteiger partial charge in [-0.05, 0) is 23.1 Å². The second-order valence-corrected chi connectivity index (χ2v) is 5.97. The Morgan fingerprint density at radius 2 is 1.94 bits per heavy atom. The van der Waals surface area contributed by atoms with Crippen molar-refractivity contribution in [2.75, 3.05) is 5.32 Å². The van der Waals surface area contributed by atoms with E-state index in [0.717, 1.165) is 11.3 Å². The van der Waals surface area contributed by atoms with Crippen LogP contribution in [0.3, 0.4) is 0 Å². The molecule has 0 aromatic heterocycles. The minimum absolute atomic E-state index is 0.00114. The smallest absolute Gasteiger partial charge is 0.226 e. The van der Waals surface area contributed by atoms with Crippen LogP contribution in [0.25, 0.3) is 6.08 Å².